The molecule has 1 aromatic heterocycles. The number of nitrogens with zero attached hydrogens (tertiary/aromatic N) is 1. The molecule has 0 aromatic carbocycles. The van der Waals surface area contributed by atoms with Gasteiger partial charge in [-0.2, -0.15) is 11.8 Å². The van der Waals surface area contributed by atoms with Gasteiger partial charge in [0.15, 0.2) is 0 Å². The Morgan fingerprint density at radius 1 is 1.47 bits per heavy atom. The number of hydrogen-bond acceptors (Lipinski definition) is 4. The molecule has 2 rings (SSSR count). The molecule has 4 heteroatoms. The Balaban J connectivity index is 1.79. The third kappa shape index (κ3) is 3.89. The first kappa shape index (κ1) is 12.7. The zero-order valence-electron chi connectivity index (χ0n) is 10.3. The van der Waals surface area contributed by atoms with E-state index < -0.39 is 0 Å². The summed E-state index contributed by atoms with van der Waals surface area (Å²) in [5, 5.41) is 13.8. The zero-order valence-corrected chi connectivity index (χ0v) is 11.1. The van der Waals surface area contributed by atoms with Crippen LogP contribution in [-0.2, 0) is 6.54 Å². The van der Waals surface area contributed by atoms with E-state index in [4.69, 9.17) is 0 Å². The van der Waals surface area contributed by atoms with Crippen molar-refractivity contribution in [2.45, 2.75) is 38.0 Å². The van der Waals surface area contributed by atoms with Crippen LogP contribution < -0.4 is 5.32 Å². The molecule has 1 unspecified atom stereocenters. The fourth-order valence-corrected chi connectivity index (χ4v) is 3.33. The normalized spacial score (nSPS) is 20.4. The average molecular weight is 252 g/mol. The molecule has 2 heterocycles. The summed E-state index contributed by atoms with van der Waals surface area (Å²) in [6.45, 7) is 3.62. The van der Waals surface area contributed by atoms with Crippen molar-refractivity contribution in [2.75, 3.05) is 12.3 Å². The summed E-state index contributed by atoms with van der Waals surface area (Å²) >= 11 is 2.06. The van der Waals surface area contributed by atoms with E-state index in [0.717, 1.165) is 23.2 Å². The molecule has 2 N–H and O–H groups in total. The van der Waals surface area contributed by atoms with Crippen LogP contribution in [0.1, 0.15) is 30.7 Å². The first-order valence-corrected chi connectivity index (χ1v) is 7.28. The fraction of sp³-hybridized carbons (Fsp3) is 0.615. The molecule has 1 aromatic rings. The monoisotopic (exact) mass is 252 g/mol. The Hall–Kier alpha value is -0.740. The second kappa shape index (κ2) is 6.26. The summed E-state index contributed by atoms with van der Waals surface area (Å²) in [5.41, 5.74) is 1.71. The van der Waals surface area contributed by atoms with Crippen LogP contribution in [0, 0.1) is 6.92 Å². The molecular weight excluding hydrogens is 232 g/mol. The van der Waals surface area contributed by atoms with Crippen LogP contribution in [-0.4, -0.2) is 27.6 Å². The SMILES string of the molecule is Cc1ccc(O)c(CNCC2CCCCS2)n1. The summed E-state index contributed by atoms with van der Waals surface area (Å²) in [6.07, 6.45) is 4.03. The smallest absolute Gasteiger partial charge is 0.138 e. The predicted molar refractivity (Wildman–Crippen MR) is 72.4 cm³/mol. The van der Waals surface area contributed by atoms with E-state index in [9.17, 15) is 5.11 Å². The van der Waals surface area contributed by atoms with Crippen LogP contribution in [0.2, 0.25) is 0 Å². The lowest BCUT2D eigenvalue weighted by Gasteiger charge is -2.21. The zero-order chi connectivity index (χ0) is 12.1. The molecule has 94 valence electrons. The van der Waals surface area contributed by atoms with Gasteiger partial charge in [-0.1, -0.05) is 6.42 Å². The van der Waals surface area contributed by atoms with Crippen molar-refractivity contribution < 1.29 is 5.11 Å². The molecule has 0 bridgehead atoms. The summed E-state index contributed by atoms with van der Waals surface area (Å²) < 4.78 is 0. The number of thioether (sulfide) groups is 1. The van der Waals surface area contributed by atoms with E-state index >= 15 is 0 Å². The van der Waals surface area contributed by atoms with Crippen LogP contribution in [0.15, 0.2) is 12.1 Å². The Morgan fingerprint density at radius 3 is 3.12 bits per heavy atom. The van der Waals surface area contributed by atoms with E-state index in [1.54, 1.807) is 6.07 Å². The lowest BCUT2D eigenvalue weighted by Crippen LogP contribution is -2.26. The molecule has 1 fully saturated rings. The second-order valence-corrected chi connectivity index (χ2v) is 5.95. The maximum absolute atomic E-state index is 9.66. The third-order valence-electron chi connectivity index (χ3n) is 3.03. The molecule has 0 spiro atoms. The van der Waals surface area contributed by atoms with Gasteiger partial charge in [-0.3, -0.25) is 4.98 Å². The fourth-order valence-electron chi connectivity index (χ4n) is 2.05. The highest BCUT2D eigenvalue weighted by Crippen LogP contribution is 2.24. The topological polar surface area (TPSA) is 45.1 Å². The van der Waals surface area contributed by atoms with Gasteiger partial charge in [-0.25, -0.2) is 0 Å². The molecular formula is C13H20N2OS. The van der Waals surface area contributed by atoms with Crippen molar-refractivity contribution in [3.63, 3.8) is 0 Å². The van der Waals surface area contributed by atoms with Gasteiger partial charge in [0.1, 0.15) is 5.75 Å². The molecule has 0 radical (unpaired) electrons. The highest BCUT2D eigenvalue weighted by molar-refractivity contribution is 7.99. The van der Waals surface area contributed by atoms with Crippen LogP contribution in [0.4, 0.5) is 0 Å². The largest absolute Gasteiger partial charge is 0.506 e. The predicted octanol–water partition coefficient (Wildman–Crippen LogP) is 2.47. The summed E-state index contributed by atoms with van der Waals surface area (Å²) in [4.78, 5) is 4.34. The Labute approximate surface area is 107 Å². The van der Waals surface area contributed by atoms with Crippen LogP contribution in [0.5, 0.6) is 5.75 Å². The van der Waals surface area contributed by atoms with Crippen LogP contribution >= 0.6 is 11.8 Å². The number of pyridine rings is 1. The molecule has 0 aliphatic carbocycles. The first-order valence-electron chi connectivity index (χ1n) is 6.23. The molecule has 1 saturated heterocycles. The second-order valence-electron chi connectivity index (χ2n) is 4.54. The number of nitrogens with one attached hydrogen (secondary N) is 1. The summed E-state index contributed by atoms with van der Waals surface area (Å²) in [6, 6.07) is 3.55. The van der Waals surface area contributed by atoms with Crippen molar-refractivity contribution in [3.8, 4) is 5.75 Å². The molecule has 0 amide bonds. The molecule has 1 atom stereocenters. The molecule has 1 aliphatic rings. The van der Waals surface area contributed by atoms with Gasteiger partial charge < -0.3 is 10.4 Å². The third-order valence-corrected chi connectivity index (χ3v) is 4.43. The van der Waals surface area contributed by atoms with Crippen LogP contribution in [0.3, 0.4) is 0 Å². The highest BCUT2D eigenvalue weighted by Gasteiger charge is 2.13. The van der Waals surface area contributed by atoms with Gasteiger partial charge in [0.2, 0.25) is 0 Å². The van der Waals surface area contributed by atoms with E-state index in [1.807, 2.05) is 13.0 Å². The van der Waals surface area contributed by atoms with Gasteiger partial charge in [0.05, 0.1) is 5.69 Å². The number of aryl methyl sites for hydroxylation is 1. The Bertz CT molecular complexity index is 364. The summed E-state index contributed by atoms with van der Waals surface area (Å²) in [5.74, 6) is 1.58. The number of aromatic nitrogens is 1. The minimum Gasteiger partial charge on any atom is -0.506 e. The molecule has 0 saturated carbocycles. The standard InChI is InChI=1S/C13H20N2OS/c1-10-5-6-13(16)12(15-10)9-14-8-11-4-2-3-7-17-11/h5-6,11,14,16H,2-4,7-9H2,1H3. The quantitative estimate of drug-likeness (QED) is 0.864. The van der Waals surface area contributed by atoms with Crippen molar-refractivity contribution in [2.24, 2.45) is 0 Å². The highest BCUT2D eigenvalue weighted by atomic mass is 32.2. The van der Waals surface area contributed by atoms with Gasteiger partial charge in [-0.15, -0.1) is 0 Å². The van der Waals surface area contributed by atoms with Gasteiger partial charge in [0, 0.05) is 24.0 Å². The lowest BCUT2D eigenvalue weighted by atomic mass is 10.2. The maximum atomic E-state index is 9.66. The Kier molecular flexibility index (Phi) is 4.68. The van der Waals surface area contributed by atoms with E-state index in [2.05, 4.69) is 22.1 Å². The first-order chi connectivity index (χ1) is 8.25. The number of aromatic hydroxyl groups is 1. The summed E-state index contributed by atoms with van der Waals surface area (Å²) in [7, 11) is 0. The van der Waals surface area contributed by atoms with Gasteiger partial charge in [-0.05, 0) is 37.7 Å². The molecule has 3 nitrogen and oxygen atoms in total. The average Bonchev–Trinajstić information content (AvgIpc) is 2.35. The maximum Gasteiger partial charge on any atom is 0.138 e. The minimum absolute atomic E-state index is 0.291. The van der Waals surface area contributed by atoms with Crippen molar-refractivity contribution in [1.29, 1.82) is 0 Å². The van der Waals surface area contributed by atoms with Gasteiger partial charge >= 0.3 is 0 Å². The van der Waals surface area contributed by atoms with Crippen molar-refractivity contribution in [1.82, 2.24) is 10.3 Å². The van der Waals surface area contributed by atoms with E-state index in [0.29, 0.717) is 12.3 Å². The van der Waals surface area contributed by atoms with Crippen molar-refractivity contribution in [3.05, 3.63) is 23.5 Å². The van der Waals surface area contributed by atoms with E-state index in [1.165, 1.54) is 25.0 Å². The number of rotatable bonds is 4. The molecule has 17 heavy (non-hydrogen) atoms. The van der Waals surface area contributed by atoms with E-state index in [-0.39, 0.29) is 0 Å². The Morgan fingerprint density at radius 2 is 2.35 bits per heavy atom. The molecule has 1 aliphatic heterocycles. The number of hydrogen-bond donors (Lipinski definition) is 2. The van der Waals surface area contributed by atoms with Crippen molar-refractivity contribution >= 4 is 11.8 Å². The van der Waals surface area contributed by atoms with Crippen LogP contribution in [0.25, 0.3) is 0 Å². The lowest BCUT2D eigenvalue weighted by molar-refractivity contribution is 0.458. The van der Waals surface area contributed by atoms with Gasteiger partial charge in [0.25, 0.3) is 0 Å². The minimum atomic E-state index is 0.291.